The van der Waals surface area contributed by atoms with Crippen molar-refractivity contribution in [3.63, 3.8) is 0 Å². The number of rotatable bonds is 2. The fourth-order valence-corrected chi connectivity index (χ4v) is 1.04. The topological polar surface area (TPSA) is 63.3 Å². The minimum Gasteiger partial charge on any atom is -0.507 e. The van der Waals surface area contributed by atoms with Gasteiger partial charge in [0.1, 0.15) is 5.75 Å². The van der Waals surface area contributed by atoms with E-state index in [4.69, 9.17) is 17.3 Å². The fraction of sp³-hybridized carbons (Fsp3) is 0. The standard InChI is InChI=1S/C9H8ClNO2/c10-7-1-2-9(13)6(3-7)4-8(11)5-12/h1-5,13H,11H2/b8-4+. The van der Waals surface area contributed by atoms with Gasteiger partial charge in [-0.1, -0.05) is 11.6 Å². The van der Waals surface area contributed by atoms with E-state index >= 15 is 0 Å². The molecule has 0 saturated heterocycles. The summed E-state index contributed by atoms with van der Waals surface area (Å²) in [5.41, 5.74) is 5.73. The van der Waals surface area contributed by atoms with Crippen LogP contribution in [0.25, 0.3) is 6.08 Å². The molecule has 0 amide bonds. The van der Waals surface area contributed by atoms with E-state index in [-0.39, 0.29) is 11.4 Å². The Labute approximate surface area is 80.4 Å². The number of benzene rings is 1. The lowest BCUT2D eigenvalue weighted by atomic mass is 10.2. The van der Waals surface area contributed by atoms with Crippen LogP contribution in [0.1, 0.15) is 5.56 Å². The molecular weight excluding hydrogens is 190 g/mol. The Morgan fingerprint density at radius 2 is 2.23 bits per heavy atom. The first-order chi connectivity index (χ1) is 6.13. The summed E-state index contributed by atoms with van der Waals surface area (Å²) in [6.45, 7) is 0. The molecule has 0 aliphatic heterocycles. The molecule has 0 radical (unpaired) electrons. The lowest BCUT2D eigenvalue weighted by Gasteiger charge is -1.99. The van der Waals surface area contributed by atoms with Gasteiger partial charge in [-0.2, -0.15) is 0 Å². The third kappa shape index (κ3) is 2.49. The number of aromatic hydroxyl groups is 1. The average molecular weight is 198 g/mol. The first-order valence-electron chi connectivity index (χ1n) is 3.54. The van der Waals surface area contributed by atoms with Gasteiger partial charge in [-0.05, 0) is 24.3 Å². The summed E-state index contributed by atoms with van der Waals surface area (Å²) in [7, 11) is 0. The smallest absolute Gasteiger partial charge is 0.165 e. The highest BCUT2D eigenvalue weighted by Crippen LogP contribution is 2.22. The van der Waals surface area contributed by atoms with Gasteiger partial charge in [0.15, 0.2) is 6.29 Å². The Morgan fingerprint density at radius 1 is 1.54 bits per heavy atom. The van der Waals surface area contributed by atoms with Crippen molar-refractivity contribution in [1.82, 2.24) is 0 Å². The van der Waals surface area contributed by atoms with E-state index in [1.54, 1.807) is 6.07 Å². The summed E-state index contributed by atoms with van der Waals surface area (Å²) in [6, 6.07) is 4.50. The van der Waals surface area contributed by atoms with Gasteiger partial charge in [-0.15, -0.1) is 0 Å². The van der Waals surface area contributed by atoms with Crippen LogP contribution in [-0.2, 0) is 4.79 Å². The maximum atomic E-state index is 10.2. The number of allylic oxidation sites excluding steroid dienone is 1. The number of aldehydes is 1. The molecule has 0 heterocycles. The van der Waals surface area contributed by atoms with Gasteiger partial charge in [0.25, 0.3) is 0 Å². The summed E-state index contributed by atoms with van der Waals surface area (Å²) in [6.07, 6.45) is 1.86. The van der Waals surface area contributed by atoms with Crippen molar-refractivity contribution in [3.05, 3.63) is 34.5 Å². The Kier molecular flexibility index (Phi) is 2.93. The maximum absolute atomic E-state index is 10.2. The first-order valence-corrected chi connectivity index (χ1v) is 3.92. The quantitative estimate of drug-likeness (QED) is 0.559. The van der Waals surface area contributed by atoms with Crippen LogP contribution in [-0.4, -0.2) is 11.4 Å². The third-order valence-electron chi connectivity index (χ3n) is 1.45. The zero-order valence-electron chi connectivity index (χ0n) is 6.70. The molecule has 1 rings (SSSR count). The van der Waals surface area contributed by atoms with Gasteiger partial charge >= 0.3 is 0 Å². The number of hydrogen-bond donors (Lipinski definition) is 2. The zero-order valence-corrected chi connectivity index (χ0v) is 7.45. The number of carbonyl (C=O) groups excluding carboxylic acids is 1. The van der Waals surface area contributed by atoms with Crippen molar-refractivity contribution in [3.8, 4) is 5.75 Å². The molecule has 3 N–H and O–H groups in total. The second-order valence-electron chi connectivity index (χ2n) is 2.47. The predicted octanol–water partition coefficient (Wildman–Crippen LogP) is 1.54. The lowest BCUT2D eigenvalue weighted by Crippen LogP contribution is -1.96. The van der Waals surface area contributed by atoms with Gasteiger partial charge in [0.05, 0.1) is 5.70 Å². The minimum atomic E-state index is 0.0363. The van der Waals surface area contributed by atoms with Crippen LogP contribution < -0.4 is 5.73 Å². The van der Waals surface area contributed by atoms with Crippen LogP contribution in [0.2, 0.25) is 5.02 Å². The van der Waals surface area contributed by atoms with Gasteiger partial charge in [-0.25, -0.2) is 0 Å². The highest BCUT2D eigenvalue weighted by molar-refractivity contribution is 6.30. The first kappa shape index (κ1) is 9.61. The summed E-state index contributed by atoms with van der Waals surface area (Å²) < 4.78 is 0. The number of carbonyl (C=O) groups is 1. The molecular formula is C9H8ClNO2. The molecule has 1 aromatic carbocycles. The molecule has 13 heavy (non-hydrogen) atoms. The number of phenols is 1. The molecule has 0 fully saturated rings. The highest BCUT2D eigenvalue weighted by atomic mass is 35.5. The molecule has 0 saturated carbocycles. The molecule has 0 unspecified atom stereocenters. The fourth-order valence-electron chi connectivity index (χ4n) is 0.855. The summed E-state index contributed by atoms with van der Waals surface area (Å²) in [5.74, 6) is 0.0363. The monoisotopic (exact) mass is 197 g/mol. The van der Waals surface area contributed by atoms with E-state index in [9.17, 15) is 9.90 Å². The lowest BCUT2D eigenvalue weighted by molar-refractivity contribution is -0.104. The van der Waals surface area contributed by atoms with Crippen molar-refractivity contribution in [2.24, 2.45) is 5.73 Å². The Bertz CT molecular complexity index is 361. The molecule has 0 aliphatic rings. The van der Waals surface area contributed by atoms with Gasteiger partial charge in [0, 0.05) is 10.6 Å². The SMILES string of the molecule is N/C(C=O)=C/c1cc(Cl)ccc1O. The zero-order chi connectivity index (χ0) is 9.84. The predicted molar refractivity (Wildman–Crippen MR) is 51.3 cm³/mol. The molecule has 3 nitrogen and oxygen atoms in total. The third-order valence-corrected chi connectivity index (χ3v) is 1.68. The van der Waals surface area contributed by atoms with E-state index in [2.05, 4.69) is 0 Å². The largest absolute Gasteiger partial charge is 0.507 e. The normalized spacial score (nSPS) is 11.3. The number of nitrogens with two attached hydrogens (primary N) is 1. The summed E-state index contributed by atoms with van der Waals surface area (Å²) in [5, 5.41) is 9.78. The van der Waals surface area contributed by atoms with Gasteiger partial charge < -0.3 is 10.8 Å². The van der Waals surface area contributed by atoms with Crippen LogP contribution in [0, 0.1) is 0 Å². The van der Waals surface area contributed by atoms with Gasteiger partial charge in [-0.3, -0.25) is 4.79 Å². The number of hydrogen-bond acceptors (Lipinski definition) is 3. The number of phenolic OH excluding ortho intramolecular Hbond substituents is 1. The van der Waals surface area contributed by atoms with E-state index in [0.29, 0.717) is 16.9 Å². The van der Waals surface area contributed by atoms with Gasteiger partial charge in [0.2, 0.25) is 0 Å². The van der Waals surface area contributed by atoms with Crippen LogP contribution >= 0.6 is 11.6 Å². The van der Waals surface area contributed by atoms with E-state index in [0.717, 1.165) is 0 Å². The molecule has 0 bridgehead atoms. The van der Waals surface area contributed by atoms with Crippen LogP contribution in [0.15, 0.2) is 23.9 Å². The van der Waals surface area contributed by atoms with Crippen molar-refractivity contribution in [2.45, 2.75) is 0 Å². The Morgan fingerprint density at radius 3 is 2.85 bits per heavy atom. The van der Waals surface area contributed by atoms with E-state index < -0.39 is 0 Å². The van der Waals surface area contributed by atoms with Crippen molar-refractivity contribution in [2.75, 3.05) is 0 Å². The van der Waals surface area contributed by atoms with E-state index in [1.165, 1.54) is 18.2 Å². The summed E-state index contributed by atoms with van der Waals surface area (Å²) in [4.78, 5) is 10.2. The molecule has 0 aliphatic carbocycles. The van der Waals surface area contributed by atoms with Crippen LogP contribution in [0.5, 0.6) is 5.75 Å². The van der Waals surface area contributed by atoms with Crippen LogP contribution in [0.4, 0.5) is 0 Å². The second-order valence-corrected chi connectivity index (χ2v) is 2.90. The summed E-state index contributed by atoms with van der Waals surface area (Å²) >= 11 is 5.67. The van der Waals surface area contributed by atoms with Crippen LogP contribution in [0.3, 0.4) is 0 Å². The molecule has 0 aromatic heterocycles. The molecule has 4 heteroatoms. The minimum absolute atomic E-state index is 0.0363. The molecule has 0 spiro atoms. The van der Waals surface area contributed by atoms with Crippen molar-refractivity contribution in [1.29, 1.82) is 0 Å². The van der Waals surface area contributed by atoms with E-state index in [1.807, 2.05) is 0 Å². The van der Waals surface area contributed by atoms with Crippen molar-refractivity contribution >= 4 is 24.0 Å². The number of halogens is 1. The Balaban J connectivity index is 3.13. The molecule has 1 aromatic rings. The maximum Gasteiger partial charge on any atom is 0.165 e. The molecule has 0 atom stereocenters. The Hall–Kier alpha value is -1.48. The molecule has 68 valence electrons. The van der Waals surface area contributed by atoms with Crippen molar-refractivity contribution < 1.29 is 9.90 Å². The second kappa shape index (κ2) is 3.96. The highest BCUT2D eigenvalue weighted by Gasteiger charge is 1.99. The average Bonchev–Trinajstić information content (AvgIpc) is 2.11.